The molecule has 0 bridgehead atoms. The van der Waals surface area contributed by atoms with Gasteiger partial charge in [0.25, 0.3) is 0 Å². The van der Waals surface area contributed by atoms with Gasteiger partial charge in [0.1, 0.15) is 0 Å². The molecule has 8 rings (SSSR count). The summed E-state index contributed by atoms with van der Waals surface area (Å²) in [6, 6.07) is 54.7. The van der Waals surface area contributed by atoms with E-state index < -0.39 is 0 Å². The first-order chi connectivity index (χ1) is 21.8. The summed E-state index contributed by atoms with van der Waals surface area (Å²) in [6.45, 7) is 0. The molecular formula is C42H32N2. The molecule has 0 aliphatic heterocycles. The van der Waals surface area contributed by atoms with Crippen molar-refractivity contribution in [3.8, 4) is 16.8 Å². The van der Waals surface area contributed by atoms with Crippen molar-refractivity contribution < 1.29 is 0 Å². The van der Waals surface area contributed by atoms with Crippen LogP contribution in [0.25, 0.3) is 44.2 Å². The van der Waals surface area contributed by atoms with E-state index >= 15 is 0 Å². The Kier molecular flexibility index (Phi) is 6.66. The first-order valence-electron chi connectivity index (χ1n) is 15.3. The van der Waals surface area contributed by atoms with Crippen LogP contribution in [0, 0.1) is 0 Å². The van der Waals surface area contributed by atoms with Gasteiger partial charge in [-0.15, -0.1) is 0 Å². The maximum atomic E-state index is 2.36. The second-order valence-corrected chi connectivity index (χ2v) is 11.3. The van der Waals surface area contributed by atoms with Crippen molar-refractivity contribution in [2.45, 2.75) is 12.8 Å². The number of hydrogen-bond donors (Lipinski definition) is 0. The Hall–Kier alpha value is -5.60. The second kappa shape index (κ2) is 11.2. The van der Waals surface area contributed by atoms with Crippen LogP contribution in [0.5, 0.6) is 0 Å². The molecule has 0 fully saturated rings. The van der Waals surface area contributed by atoms with Crippen LogP contribution in [0.15, 0.2) is 170 Å². The van der Waals surface area contributed by atoms with Crippen LogP contribution in [-0.2, 0) is 0 Å². The van der Waals surface area contributed by atoms with Crippen molar-refractivity contribution in [2.75, 3.05) is 4.90 Å². The summed E-state index contributed by atoms with van der Waals surface area (Å²) in [5.74, 6) is 0. The lowest BCUT2D eigenvalue weighted by atomic mass is 9.99. The van der Waals surface area contributed by atoms with Crippen LogP contribution in [0.1, 0.15) is 18.4 Å². The van der Waals surface area contributed by atoms with E-state index in [1.54, 1.807) is 0 Å². The van der Waals surface area contributed by atoms with Gasteiger partial charge in [-0.3, -0.25) is 0 Å². The van der Waals surface area contributed by atoms with Crippen molar-refractivity contribution in [1.29, 1.82) is 0 Å². The van der Waals surface area contributed by atoms with E-state index in [1.807, 2.05) is 0 Å². The van der Waals surface area contributed by atoms with E-state index in [-0.39, 0.29) is 0 Å². The third-order valence-electron chi connectivity index (χ3n) is 8.63. The quantitative estimate of drug-likeness (QED) is 0.195. The van der Waals surface area contributed by atoms with Gasteiger partial charge in [0.2, 0.25) is 0 Å². The fraction of sp³-hybridized carbons (Fsp3) is 0.0476. The van der Waals surface area contributed by atoms with Crippen LogP contribution >= 0.6 is 0 Å². The molecule has 2 heteroatoms. The van der Waals surface area contributed by atoms with Crippen molar-refractivity contribution in [1.82, 2.24) is 4.57 Å². The molecule has 0 saturated heterocycles. The number of nitrogens with zero attached hydrogens (tertiary/aromatic N) is 2. The lowest BCUT2D eigenvalue weighted by molar-refractivity contribution is 1.04. The Morgan fingerprint density at radius 2 is 0.932 bits per heavy atom. The highest BCUT2D eigenvalue weighted by Crippen LogP contribution is 2.37. The Labute approximate surface area is 258 Å². The van der Waals surface area contributed by atoms with E-state index in [1.165, 1.54) is 49.8 Å². The maximum Gasteiger partial charge on any atom is 0.0541 e. The Bertz CT molecular complexity index is 2080. The topological polar surface area (TPSA) is 8.17 Å². The molecule has 0 N–H and O–H groups in total. The fourth-order valence-corrected chi connectivity index (χ4v) is 6.46. The Morgan fingerprint density at radius 1 is 0.432 bits per heavy atom. The normalized spacial score (nSPS) is 12.9. The molecule has 1 aliphatic rings. The molecule has 1 aliphatic carbocycles. The number of allylic oxidation sites excluding steroid dienone is 4. The number of anilines is 3. The van der Waals surface area contributed by atoms with E-state index in [4.69, 9.17) is 0 Å². The summed E-state index contributed by atoms with van der Waals surface area (Å²) >= 11 is 0. The van der Waals surface area contributed by atoms with Crippen molar-refractivity contribution in [2.24, 2.45) is 0 Å². The lowest BCUT2D eigenvalue weighted by Gasteiger charge is -2.26. The molecule has 0 saturated carbocycles. The molecule has 0 amide bonds. The van der Waals surface area contributed by atoms with E-state index in [2.05, 4.69) is 179 Å². The molecule has 1 heterocycles. The van der Waals surface area contributed by atoms with E-state index in [9.17, 15) is 0 Å². The highest BCUT2D eigenvalue weighted by molar-refractivity contribution is 6.09. The van der Waals surface area contributed by atoms with Crippen LogP contribution in [-0.4, -0.2) is 4.57 Å². The number of aromatic nitrogens is 1. The standard InChI is InChI=1S/C42H32N2/c1-3-11-31(12-4-1)32-19-25-36(26-20-32)43(35-13-5-2-6-14-35)37-27-21-33(22-28-37)34-23-29-38(30-24-34)44-41-17-9-7-15-39(41)40-16-8-10-18-42(40)44/h2-3,5-30H,1,4H2. The van der Waals surface area contributed by atoms with Crippen LogP contribution in [0.4, 0.5) is 17.1 Å². The largest absolute Gasteiger partial charge is 0.311 e. The maximum absolute atomic E-state index is 2.36. The molecule has 1 aromatic heterocycles. The number of benzene rings is 6. The minimum Gasteiger partial charge on any atom is -0.311 e. The first kappa shape index (κ1) is 26.1. The average molecular weight is 565 g/mol. The number of rotatable bonds is 6. The lowest BCUT2D eigenvalue weighted by Crippen LogP contribution is -2.09. The zero-order valence-electron chi connectivity index (χ0n) is 24.5. The predicted octanol–water partition coefficient (Wildman–Crippen LogP) is 11.7. The van der Waals surface area contributed by atoms with E-state index in [0.717, 1.165) is 29.9 Å². The summed E-state index contributed by atoms with van der Waals surface area (Å²) in [5, 5.41) is 2.56. The van der Waals surface area contributed by atoms with Gasteiger partial charge >= 0.3 is 0 Å². The van der Waals surface area contributed by atoms with Crippen LogP contribution in [0.3, 0.4) is 0 Å². The fourth-order valence-electron chi connectivity index (χ4n) is 6.46. The summed E-state index contributed by atoms with van der Waals surface area (Å²) < 4.78 is 2.36. The molecule has 0 radical (unpaired) electrons. The second-order valence-electron chi connectivity index (χ2n) is 11.3. The smallest absolute Gasteiger partial charge is 0.0541 e. The molecule has 6 aromatic carbocycles. The van der Waals surface area contributed by atoms with Crippen molar-refractivity contribution >= 4 is 44.4 Å². The van der Waals surface area contributed by atoms with Gasteiger partial charge < -0.3 is 9.47 Å². The average Bonchev–Trinajstić information content (AvgIpc) is 3.44. The molecule has 0 spiro atoms. The highest BCUT2D eigenvalue weighted by atomic mass is 15.1. The third kappa shape index (κ3) is 4.71. The Balaban J connectivity index is 1.11. The van der Waals surface area contributed by atoms with Crippen LogP contribution < -0.4 is 4.90 Å². The van der Waals surface area contributed by atoms with E-state index in [0.29, 0.717) is 0 Å². The summed E-state index contributed by atoms with van der Waals surface area (Å²) in [4.78, 5) is 2.32. The monoisotopic (exact) mass is 564 g/mol. The molecule has 0 atom stereocenters. The number of hydrogen-bond acceptors (Lipinski definition) is 1. The highest BCUT2D eigenvalue weighted by Gasteiger charge is 2.14. The SMILES string of the molecule is C1=CC(c2ccc(N(c3ccccc3)c3ccc(-c4ccc(-n5c6ccccc6c6ccccc65)cc4)cc3)cc2)=CCC1. The zero-order chi connectivity index (χ0) is 29.3. The summed E-state index contributed by atoms with van der Waals surface area (Å²) in [7, 11) is 0. The molecule has 210 valence electrons. The van der Waals surface area contributed by atoms with Gasteiger partial charge in [0.15, 0.2) is 0 Å². The summed E-state index contributed by atoms with van der Waals surface area (Å²) in [5.41, 5.74) is 12.0. The van der Waals surface area contributed by atoms with Gasteiger partial charge in [-0.1, -0.05) is 109 Å². The third-order valence-corrected chi connectivity index (χ3v) is 8.63. The summed E-state index contributed by atoms with van der Waals surface area (Å²) in [6.07, 6.45) is 9.07. The van der Waals surface area contributed by atoms with Crippen molar-refractivity contribution in [3.05, 3.63) is 175 Å². The molecule has 2 nitrogen and oxygen atoms in total. The minimum absolute atomic E-state index is 1.11. The zero-order valence-corrected chi connectivity index (χ0v) is 24.5. The predicted molar refractivity (Wildman–Crippen MR) is 187 cm³/mol. The molecule has 0 unspecified atom stereocenters. The van der Waals surface area contributed by atoms with Gasteiger partial charge in [-0.2, -0.15) is 0 Å². The molecule has 7 aromatic rings. The van der Waals surface area contributed by atoms with Crippen molar-refractivity contribution in [3.63, 3.8) is 0 Å². The minimum atomic E-state index is 1.11. The first-order valence-corrected chi connectivity index (χ1v) is 15.3. The Morgan fingerprint density at radius 3 is 1.50 bits per heavy atom. The number of para-hydroxylation sites is 3. The molecular weight excluding hydrogens is 532 g/mol. The molecule has 44 heavy (non-hydrogen) atoms. The van der Waals surface area contributed by atoms with Gasteiger partial charge in [-0.25, -0.2) is 0 Å². The van der Waals surface area contributed by atoms with Gasteiger partial charge in [-0.05, 0) is 95.8 Å². The van der Waals surface area contributed by atoms with Gasteiger partial charge in [0, 0.05) is 33.5 Å². The van der Waals surface area contributed by atoms with Gasteiger partial charge in [0.05, 0.1) is 11.0 Å². The van der Waals surface area contributed by atoms with Crippen LogP contribution in [0.2, 0.25) is 0 Å². The number of fused-ring (bicyclic) bond motifs is 3.